The van der Waals surface area contributed by atoms with E-state index in [2.05, 4.69) is 0 Å². The van der Waals surface area contributed by atoms with E-state index in [0.717, 1.165) is 0 Å². The quantitative estimate of drug-likeness (QED) is 0.851. The van der Waals surface area contributed by atoms with Crippen LogP contribution in [0.2, 0.25) is 0 Å². The molecule has 1 N–H and O–H groups in total. The van der Waals surface area contributed by atoms with Gasteiger partial charge in [-0.2, -0.15) is 0 Å². The Balaban J connectivity index is 2.18. The van der Waals surface area contributed by atoms with Crippen molar-refractivity contribution >= 4 is 17.7 Å². The van der Waals surface area contributed by atoms with Crippen molar-refractivity contribution in [3.05, 3.63) is 47.0 Å². The molecule has 0 bridgehead atoms. The Labute approximate surface area is 132 Å². The van der Waals surface area contributed by atoms with Crippen molar-refractivity contribution < 1.29 is 23.5 Å². The van der Waals surface area contributed by atoms with Crippen molar-refractivity contribution in [1.29, 1.82) is 5.41 Å². The van der Waals surface area contributed by atoms with E-state index in [1.54, 1.807) is 6.07 Å². The average Bonchev–Trinajstić information content (AvgIpc) is 2.53. The monoisotopic (exact) mass is 317 g/mol. The highest BCUT2D eigenvalue weighted by molar-refractivity contribution is 6.06. The minimum absolute atomic E-state index is 0.123. The van der Waals surface area contributed by atoms with Crippen LogP contribution in [0.25, 0.3) is 0 Å². The molecule has 0 saturated carbocycles. The second-order valence-corrected chi connectivity index (χ2v) is 5.61. The van der Waals surface area contributed by atoms with Gasteiger partial charge in [0, 0.05) is 24.3 Å². The summed E-state index contributed by atoms with van der Waals surface area (Å²) in [5.41, 5.74) is 0.837. The maximum atomic E-state index is 13.6. The van der Waals surface area contributed by atoms with Gasteiger partial charge in [-0.1, -0.05) is 12.1 Å². The first-order chi connectivity index (χ1) is 11.0. The van der Waals surface area contributed by atoms with E-state index in [0.29, 0.717) is 36.2 Å². The smallest absolute Gasteiger partial charge is 0.319 e. The van der Waals surface area contributed by atoms with Crippen molar-refractivity contribution in [1.82, 2.24) is 0 Å². The number of allylic oxidation sites excluding steroid dienone is 2. The largest absolute Gasteiger partial charge is 0.468 e. The van der Waals surface area contributed by atoms with Gasteiger partial charge in [-0.15, -0.1) is 0 Å². The summed E-state index contributed by atoms with van der Waals surface area (Å²) in [7, 11) is 1.21. The second-order valence-electron chi connectivity index (χ2n) is 5.61. The predicted octanol–water partition coefficient (Wildman–Crippen LogP) is 2.71. The number of rotatable bonds is 2. The van der Waals surface area contributed by atoms with Gasteiger partial charge >= 0.3 is 5.97 Å². The molecule has 0 radical (unpaired) electrons. The minimum atomic E-state index is -1.08. The van der Waals surface area contributed by atoms with Gasteiger partial charge in [-0.25, -0.2) is 4.39 Å². The number of ketones is 1. The first-order valence-electron chi connectivity index (χ1n) is 7.38. The lowest BCUT2D eigenvalue weighted by Crippen LogP contribution is -2.40. The van der Waals surface area contributed by atoms with Gasteiger partial charge in [0.25, 0.3) is 0 Å². The lowest BCUT2D eigenvalue weighted by atomic mass is 9.74. The lowest BCUT2D eigenvalue weighted by Gasteiger charge is -2.35. The molecule has 0 saturated heterocycles. The number of carbonyl (C=O) groups excluding carboxylic acids is 2. The highest BCUT2D eigenvalue weighted by atomic mass is 19.1. The van der Waals surface area contributed by atoms with E-state index in [4.69, 9.17) is 14.9 Å². The molecule has 1 aromatic rings. The van der Waals surface area contributed by atoms with Gasteiger partial charge in [-0.3, -0.25) is 15.0 Å². The van der Waals surface area contributed by atoms with Crippen LogP contribution in [0.4, 0.5) is 4.39 Å². The van der Waals surface area contributed by atoms with Crippen molar-refractivity contribution in [3.8, 4) is 0 Å². The Morgan fingerprint density at radius 2 is 2.17 bits per heavy atom. The number of methoxy groups -OCH3 is 1. The molecule has 120 valence electrons. The number of esters is 1. The number of hydrogen-bond acceptors (Lipinski definition) is 5. The fraction of sp³-hybridized carbons (Fsp3) is 0.353. The molecule has 0 spiro atoms. The first kappa shape index (κ1) is 15.4. The fourth-order valence-corrected chi connectivity index (χ4v) is 3.23. The number of hydrogen-bond donors (Lipinski definition) is 1. The van der Waals surface area contributed by atoms with Crippen LogP contribution in [0.15, 0.2) is 35.6 Å². The Bertz CT molecular complexity index is 725. The number of Topliss-reactive ketones (excluding diaryl/α,β-unsaturated/α-hetero) is 1. The number of carbonyl (C=O) groups is 2. The molecule has 1 aliphatic carbocycles. The molecule has 1 aliphatic heterocycles. The summed E-state index contributed by atoms with van der Waals surface area (Å²) >= 11 is 0. The van der Waals surface area contributed by atoms with Crippen LogP contribution in [0.5, 0.6) is 0 Å². The zero-order chi connectivity index (χ0) is 16.6. The molecule has 1 aromatic carbocycles. The Hall–Kier alpha value is -2.50. The Morgan fingerprint density at radius 3 is 2.87 bits per heavy atom. The number of ether oxygens (including phenoxy) is 2. The summed E-state index contributed by atoms with van der Waals surface area (Å²) in [6, 6.07) is 5.74. The average molecular weight is 317 g/mol. The second kappa shape index (κ2) is 5.95. The molecular weight excluding hydrogens is 301 g/mol. The summed E-state index contributed by atoms with van der Waals surface area (Å²) in [6.07, 6.45) is 1.53. The van der Waals surface area contributed by atoms with Crippen LogP contribution in [0.3, 0.4) is 0 Å². The molecule has 3 rings (SSSR count). The highest BCUT2D eigenvalue weighted by Gasteiger charge is 2.46. The van der Waals surface area contributed by atoms with Gasteiger partial charge in [0.15, 0.2) is 5.78 Å². The third-order valence-electron chi connectivity index (χ3n) is 4.23. The summed E-state index contributed by atoms with van der Waals surface area (Å²) in [5.74, 6) is -2.93. The van der Waals surface area contributed by atoms with Crippen molar-refractivity contribution in [2.24, 2.45) is 5.92 Å². The maximum Gasteiger partial charge on any atom is 0.319 e. The third-order valence-corrected chi connectivity index (χ3v) is 4.23. The molecule has 2 aliphatic rings. The van der Waals surface area contributed by atoms with E-state index >= 15 is 0 Å². The first-order valence-corrected chi connectivity index (χ1v) is 7.38. The topological polar surface area (TPSA) is 76.5 Å². The predicted molar refractivity (Wildman–Crippen MR) is 79.3 cm³/mol. The van der Waals surface area contributed by atoms with Crippen LogP contribution in [0.1, 0.15) is 30.7 Å². The van der Waals surface area contributed by atoms with Crippen molar-refractivity contribution in [2.75, 3.05) is 7.11 Å². The summed E-state index contributed by atoms with van der Waals surface area (Å²) in [6.45, 7) is 0. The maximum absolute atomic E-state index is 13.6. The van der Waals surface area contributed by atoms with E-state index in [9.17, 15) is 14.0 Å². The summed E-state index contributed by atoms with van der Waals surface area (Å²) in [5, 5.41) is 8.04. The van der Waals surface area contributed by atoms with Crippen molar-refractivity contribution in [3.63, 3.8) is 0 Å². The molecule has 2 unspecified atom stereocenters. The van der Waals surface area contributed by atoms with Gasteiger partial charge in [-0.05, 0) is 24.1 Å². The van der Waals surface area contributed by atoms with E-state index in [-0.39, 0.29) is 11.7 Å². The van der Waals surface area contributed by atoms with E-state index in [1.807, 2.05) is 0 Å². The SMILES string of the molecule is COC(=O)C1C(=N)OC2=C(C(=O)CCC2)C1c1cccc(F)c1. The normalized spacial score (nSPS) is 24.1. The molecule has 6 heteroatoms. The van der Waals surface area contributed by atoms with Crippen LogP contribution in [-0.4, -0.2) is 24.8 Å². The van der Waals surface area contributed by atoms with Crippen LogP contribution < -0.4 is 0 Å². The van der Waals surface area contributed by atoms with Crippen molar-refractivity contribution in [2.45, 2.75) is 25.2 Å². The molecule has 2 atom stereocenters. The molecule has 0 amide bonds. The minimum Gasteiger partial charge on any atom is -0.468 e. The van der Waals surface area contributed by atoms with E-state index in [1.165, 1.54) is 25.3 Å². The standard InChI is InChI=1S/C17H16FNO4/c1-22-17(21)15-13(9-4-2-5-10(18)8-9)14-11(20)6-3-7-12(14)23-16(15)19/h2,4-5,8,13,15,19H,3,6-7H2,1H3. The summed E-state index contributed by atoms with van der Waals surface area (Å²) in [4.78, 5) is 24.6. The van der Waals surface area contributed by atoms with Gasteiger partial charge in [0.05, 0.1) is 7.11 Å². The third kappa shape index (κ3) is 2.65. The van der Waals surface area contributed by atoms with Gasteiger partial charge < -0.3 is 9.47 Å². The Morgan fingerprint density at radius 1 is 1.39 bits per heavy atom. The number of halogens is 1. The molecule has 0 fully saturated rings. The summed E-state index contributed by atoms with van der Waals surface area (Å²) < 4.78 is 23.8. The van der Waals surface area contributed by atoms with E-state index < -0.39 is 23.6 Å². The zero-order valence-corrected chi connectivity index (χ0v) is 12.6. The number of benzene rings is 1. The fourth-order valence-electron chi connectivity index (χ4n) is 3.23. The highest BCUT2D eigenvalue weighted by Crippen LogP contribution is 2.44. The number of nitrogens with one attached hydrogen (secondary N) is 1. The van der Waals surface area contributed by atoms with Gasteiger partial charge in [0.2, 0.25) is 5.90 Å². The molecular formula is C17H16FNO4. The lowest BCUT2D eigenvalue weighted by molar-refractivity contribution is -0.144. The van der Waals surface area contributed by atoms with Crippen LogP contribution >= 0.6 is 0 Å². The Kier molecular flexibility index (Phi) is 3.98. The van der Waals surface area contributed by atoms with Crippen LogP contribution in [0, 0.1) is 17.1 Å². The van der Waals surface area contributed by atoms with Crippen LogP contribution in [-0.2, 0) is 19.1 Å². The molecule has 23 heavy (non-hydrogen) atoms. The van der Waals surface area contributed by atoms with Gasteiger partial charge in [0.1, 0.15) is 17.5 Å². The molecule has 5 nitrogen and oxygen atoms in total. The zero-order valence-electron chi connectivity index (χ0n) is 12.6. The molecule has 1 heterocycles. The molecule has 0 aromatic heterocycles.